The molecule has 3 N–H and O–H groups in total. The number of hydrogen-bond donors (Lipinski definition) is 3. The van der Waals surface area contributed by atoms with E-state index in [1.54, 1.807) is 10.8 Å². The summed E-state index contributed by atoms with van der Waals surface area (Å²) in [4.78, 5) is 24.5. The molecule has 2 amide bonds. The smallest absolute Gasteiger partial charge is 0.243 e. The van der Waals surface area contributed by atoms with Gasteiger partial charge in [0, 0.05) is 31.1 Å². The maximum atomic E-state index is 12.6. The second-order valence-corrected chi connectivity index (χ2v) is 12.3. The summed E-state index contributed by atoms with van der Waals surface area (Å²) in [7, 11) is 3.51. The van der Waals surface area contributed by atoms with Gasteiger partial charge in [-0.1, -0.05) is 126 Å². The Hall–Kier alpha value is -0.400. The molecule has 0 aliphatic rings. The van der Waals surface area contributed by atoms with Gasteiger partial charge in [0.2, 0.25) is 11.8 Å². The van der Waals surface area contributed by atoms with Gasteiger partial charge in [-0.25, -0.2) is 0 Å². The van der Waals surface area contributed by atoms with Gasteiger partial charge in [-0.05, 0) is 25.2 Å². The summed E-state index contributed by atoms with van der Waals surface area (Å²) in [6.07, 6.45) is 20.6. The van der Waals surface area contributed by atoms with E-state index in [0.29, 0.717) is 24.6 Å². The Morgan fingerprint density at radius 3 is 1.91 bits per heavy atom. The highest BCUT2D eigenvalue weighted by Gasteiger charge is 2.20. The summed E-state index contributed by atoms with van der Waals surface area (Å²) in [6.45, 7) is 7.03. The lowest BCUT2D eigenvalue weighted by atomic mass is 10.0. The van der Waals surface area contributed by atoms with Crippen LogP contribution in [-0.4, -0.2) is 47.6 Å². The normalized spacial score (nSPS) is 12.9. The van der Waals surface area contributed by atoms with Gasteiger partial charge in [-0.15, -0.1) is 0 Å². The lowest BCUT2D eigenvalue weighted by Gasteiger charge is -2.18. The molecule has 0 heterocycles. The molecule has 7 heteroatoms. The molecule has 0 aliphatic heterocycles. The third kappa shape index (κ3) is 22.5. The number of hydrogen-bond acceptors (Lipinski definition) is 5. The lowest BCUT2D eigenvalue weighted by molar-refractivity contribution is -0.128. The number of unbranched alkanes of at least 4 members (excludes halogenated alkanes) is 12. The van der Waals surface area contributed by atoms with Crippen LogP contribution in [0.15, 0.2) is 0 Å². The van der Waals surface area contributed by atoms with E-state index in [9.17, 15) is 14.7 Å². The molecule has 0 radical (unpaired) electrons. The van der Waals surface area contributed by atoms with E-state index in [2.05, 4.69) is 24.5 Å². The first kappa shape index (κ1) is 34.6. The van der Waals surface area contributed by atoms with Crippen LogP contribution in [0.2, 0.25) is 0 Å². The van der Waals surface area contributed by atoms with E-state index in [-0.39, 0.29) is 18.4 Å². The van der Waals surface area contributed by atoms with Crippen molar-refractivity contribution in [3.8, 4) is 0 Å². The number of aliphatic hydroxyl groups excluding tert-OH is 1. The van der Waals surface area contributed by atoms with Crippen LogP contribution in [0.1, 0.15) is 130 Å². The fourth-order valence-corrected chi connectivity index (χ4v) is 6.28. The summed E-state index contributed by atoms with van der Waals surface area (Å²) in [5, 5.41) is 15.1. The average Bonchev–Trinajstić information content (AvgIpc) is 2.87. The Labute approximate surface area is 224 Å². The standard InChI is InChI=1S/C28H56N2O3S2/c1-4-7-8-9-10-11-12-13-14-15-16-19-22-34-35-24-26(30-27(32)6-3)28(33)29-21-18-17-20-25(5-2)23-31/h25-26,31H,4-24H2,1-3H3,(H,29,33)(H,30,32)/t25?,26-/m0/s1. The number of amides is 2. The molecule has 5 nitrogen and oxygen atoms in total. The fourth-order valence-electron chi connectivity index (χ4n) is 3.97. The Morgan fingerprint density at radius 1 is 0.771 bits per heavy atom. The quantitative estimate of drug-likeness (QED) is 0.0806. The van der Waals surface area contributed by atoms with Crippen LogP contribution >= 0.6 is 21.6 Å². The summed E-state index contributed by atoms with van der Waals surface area (Å²) in [5.41, 5.74) is 0. The van der Waals surface area contributed by atoms with Crippen LogP contribution in [0.3, 0.4) is 0 Å². The zero-order valence-corrected chi connectivity index (χ0v) is 24.7. The van der Waals surface area contributed by atoms with Crippen molar-refractivity contribution >= 4 is 33.4 Å². The molecule has 0 spiro atoms. The zero-order valence-electron chi connectivity index (χ0n) is 23.1. The highest BCUT2D eigenvalue weighted by molar-refractivity contribution is 8.76. The molecular weight excluding hydrogens is 476 g/mol. The lowest BCUT2D eigenvalue weighted by Crippen LogP contribution is -2.48. The highest BCUT2D eigenvalue weighted by Crippen LogP contribution is 2.24. The average molecular weight is 533 g/mol. The number of carbonyl (C=O) groups is 2. The van der Waals surface area contributed by atoms with Gasteiger partial charge in [0.25, 0.3) is 0 Å². The number of aliphatic hydroxyl groups is 1. The molecule has 0 rings (SSSR count). The second-order valence-electron chi connectivity index (χ2n) is 9.71. The van der Waals surface area contributed by atoms with Gasteiger partial charge in [0.1, 0.15) is 6.04 Å². The molecule has 1 unspecified atom stereocenters. The van der Waals surface area contributed by atoms with Crippen LogP contribution in [-0.2, 0) is 9.59 Å². The van der Waals surface area contributed by atoms with Crippen LogP contribution in [0.4, 0.5) is 0 Å². The van der Waals surface area contributed by atoms with Gasteiger partial charge in [-0.2, -0.15) is 0 Å². The van der Waals surface area contributed by atoms with Gasteiger partial charge in [0.05, 0.1) is 0 Å². The maximum Gasteiger partial charge on any atom is 0.243 e. The van der Waals surface area contributed by atoms with E-state index >= 15 is 0 Å². The monoisotopic (exact) mass is 532 g/mol. The van der Waals surface area contributed by atoms with E-state index in [1.165, 1.54) is 77.0 Å². The molecule has 208 valence electrons. The summed E-state index contributed by atoms with van der Waals surface area (Å²) >= 11 is 0. The second kappa shape index (κ2) is 26.7. The molecule has 2 atom stereocenters. The third-order valence-electron chi connectivity index (χ3n) is 6.55. The van der Waals surface area contributed by atoms with E-state index in [1.807, 2.05) is 17.7 Å². The molecule has 0 saturated heterocycles. The van der Waals surface area contributed by atoms with Crippen molar-refractivity contribution in [1.82, 2.24) is 10.6 Å². The topological polar surface area (TPSA) is 78.4 Å². The molecule has 0 aromatic rings. The summed E-state index contributed by atoms with van der Waals surface area (Å²) in [6, 6.07) is -0.470. The van der Waals surface area contributed by atoms with Crippen molar-refractivity contribution in [2.45, 2.75) is 136 Å². The van der Waals surface area contributed by atoms with Crippen LogP contribution in [0, 0.1) is 5.92 Å². The zero-order chi connectivity index (χ0) is 26.0. The summed E-state index contributed by atoms with van der Waals surface area (Å²) < 4.78 is 0. The van der Waals surface area contributed by atoms with Gasteiger partial charge in [0.15, 0.2) is 0 Å². The Kier molecular flexibility index (Phi) is 26.4. The molecule has 0 fully saturated rings. The first-order valence-corrected chi connectivity index (χ1v) is 17.0. The SMILES string of the molecule is CCCCCCCCCCCCCCSSC[C@H](NC(=O)CC)C(=O)NCCCCC(CC)CO. The van der Waals surface area contributed by atoms with Crippen LogP contribution < -0.4 is 10.6 Å². The molecular formula is C28H56N2O3S2. The number of carbonyl (C=O) groups excluding carboxylic acids is 2. The predicted octanol–water partition coefficient (Wildman–Crippen LogP) is 7.27. The fraction of sp³-hybridized carbons (Fsp3) is 0.929. The first-order chi connectivity index (χ1) is 17.1. The number of rotatable bonds is 26. The van der Waals surface area contributed by atoms with Crippen LogP contribution in [0.5, 0.6) is 0 Å². The summed E-state index contributed by atoms with van der Waals surface area (Å²) in [5.74, 6) is 1.90. The maximum absolute atomic E-state index is 12.6. The molecule has 35 heavy (non-hydrogen) atoms. The molecule has 0 saturated carbocycles. The van der Waals surface area contributed by atoms with Crippen molar-refractivity contribution in [3.05, 3.63) is 0 Å². The van der Waals surface area contributed by atoms with Crippen molar-refractivity contribution in [1.29, 1.82) is 0 Å². The van der Waals surface area contributed by atoms with Crippen molar-refractivity contribution in [2.75, 3.05) is 24.7 Å². The number of nitrogens with one attached hydrogen (secondary N) is 2. The first-order valence-electron chi connectivity index (χ1n) is 14.5. The van der Waals surface area contributed by atoms with Crippen LogP contribution in [0.25, 0.3) is 0 Å². The predicted molar refractivity (Wildman–Crippen MR) is 156 cm³/mol. The molecule has 0 aromatic heterocycles. The minimum absolute atomic E-state index is 0.0783. The Balaban J connectivity index is 3.83. The third-order valence-corrected chi connectivity index (χ3v) is 9.05. The Morgan fingerprint density at radius 2 is 1.37 bits per heavy atom. The molecule has 0 bridgehead atoms. The van der Waals surface area contributed by atoms with E-state index in [4.69, 9.17) is 0 Å². The van der Waals surface area contributed by atoms with Gasteiger partial charge in [-0.3, -0.25) is 9.59 Å². The minimum atomic E-state index is -0.470. The Bertz CT molecular complexity index is 491. The molecule has 0 aromatic carbocycles. The van der Waals surface area contributed by atoms with Crippen molar-refractivity contribution in [2.24, 2.45) is 5.92 Å². The highest BCUT2D eigenvalue weighted by atomic mass is 33.1. The van der Waals surface area contributed by atoms with E-state index in [0.717, 1.165) is 31.4 Å². The van der Waals surface area contributed by atoms with Gasteiger partial charge >= 0.3 is 0 Å². The van der Waals surface area contributed by atoms with Crippen molar-refractivity contribution in [3.63, 3.8) is 0 Å². The van der Waals surface area contributed by atoms with Crippen molar-refractivity contribution < 1.29 is 14.7 Å². The molecule has 0 aliphatic carbocycles. The minimum Gasteiger partial charge on any atom is -0.396 e. The van der Waals surface area contributed by atoms with E-state index < -0.39 is 6.04 Å². The van der Waals surface area contributed by atoms with Gasteiger partial charge < -0.3 is 15.7 Å². The largest absolute Gasteiger partial charge is 0.396 e.